The molecule has 356 valence electrons. The molecule has 0 radical (unpaired) electrons. The Morgan fingerprint density at radius 1 is 1.00 bits per heavy atom. The molecule has 2 aromatic heterocycles. The van der Waals surface area contributed by atoms with Gasteiger partial charge in [0.15, 0.2) is 0 Å². The molecule has 2 amide bonds. The number of nitrogens with zero attached hydrogens (tertiary/aromatic N) is 6. The molecule has 3 aromatic carbocycles. The highest BCUT2D eigenvalue weighted by Crippen LogP contribution is 2.43. The van der Waals surface area contributed by atoms with Gasteiger partial charge in [0.05, 0.1) is 21.6 Å². The molecule has 0 atom stereocenters. The van der Waals surface area contributed by atoms with Crippen LogP contribution in [0.15, 0.2) is 100 Å². The van der Waals surface area contributed by atoms with E-state index in [9.17, 15) is 32.7 Å². The van der Waals surface area contributed by atoms with Gasteiger partial charge in [0, 0.05) is 112 Å². The van der Waals surface area contributed by atoms with Gasteiger partial charge in [0.1, 0.15) is 22.8 Å². The number of piperazine rings is 1. The van der Waals surface area contributed by atoms with Gasteiger partial charge in [0.2, 0.25) is 5.91 Å². The number of anilines is 2. The molecular weight excluding hydrogens is 918 g/mol. The Kier molecular flexibility index (Phi) is 14.2. The fraction of sp³-hybridized carbons (Fsp3) is 0.383. The van der Waals surface area contributed by atoms with E-state index in [1.54, 1.807) is 24.4 Å². The predicted octanol–water partition coefficient (Wildman–Crippen LogP) is 7.64. The van der Waals surface area contributed by atoms with Crippen LogP contribution in [-0.4, -0.2) is 120 Å². The Morgan fingerprint density at radius 3 is 2.46 bits per heavy atom. The number of nitro groups is 1. The standard InChI is InChI=1S/C47H56ClN9O8S2/c1-32(58)52-66(62)24-22-54(23-25-66)17-16-49-42-11-9-39(28-43(42)57(60)61)67(63,64)53-46(59)40-10-8-37(27-44(40)65-38-26-34-13-15-50-45(34)51-30-38)56-20-18-55(19-21-56)31-35-12-14-47(2,3)29-41(35)33-4-6-36(48)7-5-33/h4-11,13,15,26-28,30,49,66H,12,14,16-25,29,31H2,1-3H3,(H,50,51)(H,53,59)(H,52,58,62). The zero-order valence-corrected chi connectivity index (χ0v) is 40.2. The SMILES string of the molecule is CC(=O)N=[SH]1(O)CCN(CCNc2ccc(S(=O)(=O)NC(=O)c3ccc(N4CCN(CC5=C(c6ccc(Cl)cc6)CC(C)(C)CC5)CC4)cc3Oc3cnc4[nH]ccc4c3)cc2[N+](=O)[O-])CC1. The number of benzene rings is 3. The van der Waals surface area contributed by atoms with Gasteiger partial charge in [-0.2, -0.15) is 4.36 Å². The number of allylic oxidation sites excluding steroid dienone is 1. The van der Waals surface area contributed by atoms with Gasteiger partial charge in [0.25, 0.3) is 21.6 Å². The molecule has 0 bridgehead atoms. The summed E-state index contributed by atoms with van der Waals surface area (Å²) in [4.78, 5) is 50.6. The monoisotopic (exact) mass is 973 g/mol. The number of halogens is 1. The first-order valence-corrected chi connectivity index (χ1v) is 26.2. The summed E-state index contributed by atoms with van der Waals surface area (Å²) in [5.41, 5.74) is 5.26. The summed E-state index contributed by atoms with van der Waals surface area (Å²) in [5.74, 6) is -0.185. The molecule has 67 heavy (non-hydrogen) atoms. The van der Waals surface area contributed by atoms with Crippen molar-refractivity contribution < 1.29 is 32.2 Å². The van der Waals surface area contributed by atoms with Crippen LogP contribution in [0.2, 0.25) is 5.02 Å². The highest BCUT2D eigenvalue weighted by atomic mass is 35.5. The van der Waals surface area contributed by atoms with Crippen molar-refractivity contribution in [2.24, 2.45) is 9.78 Å². The molecule has 0 saturated carbocycles. The minimum absolute atomic E-state index is 0.0666. The van der Waals surface area contributed by atoms with Crippen molar-refractivity contribution in [3.63, 3.8) is 0 Å². The number of hydrogen-bond donors (Lipinski definition) is 5. The summed E-state index contributed by atoms with van der Waals surface area (Å²) in [6.07, 6.45) is 6.42. The molecule has 20 heteroatoms. The van der Waals surface area contributed by atoms with Crippen LogP contribution in [0.25, 0.3) is 16.6 Å². The number of ether oxygens (including phenoxy) is 1. The lowest BCUT2D eigenvalue weighted by molar-refractivity contribution is -0.384. The van der Waals surface area contributed by atoms with Gasteiger partial charge >= 0.3 is 0 Å². The van der Waals surface area contributed by atoms with Crippen LogP contribution >= 0.6 is 11.6 Å². The smallest absolute Gasteiger partial charge is 0.293 e. The molecule has 1 aliphatic carbocycles. The average Bonchev–Trinajstić information content (AvgIpc) is 3.76. The largest absolute Gasteiger partial charge is 0.455 e. The molecular formula is C47H56ClN9O8S2. The molecule has 2 fully saturated rings. The minimum Gasteiger partial charge on any atom is -0.455 e. The fourth-order valence-electron chi connectivity index (χ4n) is 8.96. The second-order valence-corrected chi connectivity index (χ2v) is 23.1. The number of sulfonamides is 1. The minimum atomic E-state index is -4.62. The molecule has 2 saturated heterocycles. The number of aromatic nitrogens is 2. The van der Waals surface area contributed by atoms with E-state index in [-0.39, 0.29) is 29.0 Å². The molecule has 17 nitrogen and oxygen atoms in total. The Labute approximate surface area is 396 Å². The number of nitro benzene ring substituents is 1. The van der Waals surface area contributed by atoms with Crippen LogP contribution in [0, 0.1) is 15.5 Å². The highest BCUT2D eigenvalue weighted by molar-refractivity contribution is 8.00. The van der Waals surface area contributed by atoms with Crippen molar-refractivity contribution in [2.45, 2.75) is 44.9 Å². The van der Waals surface area contributed by atoms with E-state index >= 15 is 0 Å². The predicted molar refractivity (Wildman–Crippen MR) is 264 cm³/mol. The molecule has 0 spiro atoms. The third kappa shape index (κ3) is 11.7. The first-order valence-electron chi connectivity index (χ1n) is 22.3. The zero-order valence-electron chi connectivity index (χ0n) is 37.7. The third-order valence-corrected chi connectivity index (χ3v) is 16.7. The van der Waals surface area contributed by atoms with Crippen LogP contribution in [-0.2, 0) is 24.9 Å². The number of H-pyrrole nitrogens is 1. The van der Waals surface area contributed by atoms with E-state index in [0.717, 1.165) is 61.1 Å². The number of carbonyl (C=O) groups is 2. The van der Waals surface area contributed by atoms with Gasteiger partial charge in [-0.1, -0.05) is 53.3 Å². The van der Waals surface area contributed by atoms with Crippen LogP contribution in [0.4, 0.5) is 17.1 Å². The summed E-state index contributed by atoms with van der Waals surface area (Å²) >= 11 is 6.24. The van der Waals surface area contributed by atoms with Gasteiger partial charge in [-0.05, 0) is 84.3 Å². The maximum absolute atomic E-state index is 14.0. The van der Waals surface area contributed by atoms with Crippen LogP contribution in [0.1, 0.15) is 56.0 Å². The molecule has 8 rings (SSSR count). The van der Waals surface area contributed by atoms with Crippen LogP contribution in [0.5, 0.6) is 11.5 Å². The highest BCUT2D eigenvalue weighted by Gasteiger charge is 2.31. The number of aromatic amines is 1. The molecule has 3 aliphatic rings. The first-order chi connectivity index (χ1) is 31.9. The second-order valence-electron chi connectivity index (χ2n) is 18.1. The Morgan fingerprint density at radius 2 is 1.75 bits per heavy atom. The lowest BCUT2D eigenvalue weighted by Crippen LogP contribution is -2.47. The van der Waals surface area contributed by atoms with Crippen molar-refractivity contribution in [3.8, 4) is 11.5 Å². The number of hydrogen-bond acceptors (Lipinski definition) is 12. The summed E-state index contributed by atoms with van der Waals surface area (Å²) in [6, 6.07) is 20.1. The van der Waals surface area contributed by atoms with Crippen LogP contribution in [0.3, 0.4) is 0 Å². The lowest BCUT2D eigenvalue weighted by Gasteiger charge is -2.39. The molecule has 5 aromatic rings. The van der Waals surface area contributed by atoms with E-state index in [1.165, 1.54) is 48.0 Å². The zero-order chi connectivity index (χ0) is 47.5. The van der Waals surface area contributed by atoms with Crippen molar-refractivity contribution in [3.05, 3.63) is 117 Å². The molecule has 4 heterocycles. The van der Waals surface area contributed by atoms with Crippen molar-refractivity contribution in [2.75, 3.05) is 80.6 Å². The first kappa shape index (κ1) is 47.8. The number of pyridine rings is 1. The third-order valence-electron chi connectivity index (χ3n) is 12.7. The average molecular weight is 975 g/mol. The Hall–Kier alpha value is -5.70. The topological polar surface area (TPSA) is 216 Å². The molecule has 0 unspecified atom stereocenters. The number of carbonyl (C=O) groups excluding carboxylic acids is 2. The normalized spacial score (nSPS) is 18.3. The summed E-state index contributed by atoms with van der Waals surface area (Å²) in [6.45, 7) is 11.6. The quantitative estimate of drug-likeness (QED) is 0.0412. The summed E-state index contributed by atoms with van der Waals surface area (Å²) < 4.78 is 50.5. The number of nitrogens with one attached hydrogen (secondary N) is 3. The maximum atomic E-state index is 14.0. The summed E-state index contributed by atoms with van der Waals surface area (Å²) in [5, 5.41) is 16.7. The van der Waals surface area contributed by atoms with E-state index in [4.69, 9.17) is 16.3 Å². The molecule has 2 aliphatic heterocycles. The van der Waals surface area contributed by atoms with Gasteiger partial charge < -0.3 is 24.5 Å². The maximum Gasteiger partial charge on any atom is 0.293 e. The van der Waals surface area contributed by atoms with Gasteiger partial charge in [-0.15, -0.1) is 0 Å². The number of fused-ring (bicyclic) bond motifs is 1. The number of amides is 2. The lowest BCUT2D eigenvalue weighted by atomic mass is 9.72. The second kappa shape index (κ2) is 19.9. The van der Waals surface area contributed by atoms with E-state index in [2.05, 4.69) is 60.1 Å². The van der Waals surface area contributed by atoms with Crippen molar-refractivity contribution in [1.82, 2.24) is 24.5 Å². The van der Waals surface area contributed by atoms with Gasteiger partial charge in [-0.25, -0.2) is 18.1 Å². The van der Waals surface area contributed by atoms with Crippen molar-refractivity contribution in [1.29, 1.82) is 0 Å². The Balaban J connectivity index is 0.966. The molecule has 4 N–H and O–H groups in total. The number of rotatable bonds is 14. The van der Waals surface area contributed by atoms with E-state index in [0.29, 0.717) is 55.6 Å². The van der Waals surface area contributed by atoms with Crippen LogP contribution < -0.4 is 19.7 Å². The fourth-order valence-corrected chi connectivity index (χ4v) is 12.2. The number of thiol groups is 1. The summed E-state index contributed by atoms with van der Waals surface area (Å²) in [7, 11) is -7.27. The Bertz CT molecular complexity index is 2880. The van der Waals surface area contributed by atoms with Crippen molar-refractivity contribution >= 4 is 77.2 Å². The van der Waals surface area contributed by atoms with E-state index in [1.807, 2.05) is 23.1 Å². The van der Waals surface area contributed by atoms with Gasteiger partial charge in [-0.3, -0.25) is 29.5 Å². The van der Waals surface area contributed by atoms with E-state index < -0.39 is 47.4 Å².